The van der Waals surface area contributed by atoms with E-state index < -0.39 is 0 Å². The zero-order valence-electron chi connectivity index (χ0n) is 38.8. The van der Waals surface area contributed by atoms with Crippen molar-refractivity contribution in [1.82, 2.24) is 0 Å². The fourth-order valence-electron chi connectivity index (χ4n) is 6.15. The van der Waals surface area contributed by atoms with Crippen LogP contribution < -0.4 is 24.8 Å². The largest absolute Gasteiger partial charge is 4.00 e. The van der Waals surface area contributed by atoms with Crippen molar-refractivity contribution in [1.29, 1.82) is 0 Å². The monoisotopic (exact) mass is 1210 g/mol. The standard InChI is InChI=1S/4C11H11.2C3H9Si.C2H6Si.2ClH.2Hf/c4*1-8-6-7-9(2)11-5-3-4-10(8)11;2*1-4(2)3;1-3-2;;;;/h4*3-7H,1-2H3;2*1-3H3;1-2H3;2*1H;;/q4*-1;;;;;;;+4/p-2. The van der Waals surface area contributed by atoms with Crippen LogP contribution in [0.5, 0.6) is 0 Å². The molecule has 0 aliphatic carbocycles. The molecule has 8 rings (SSSR count). The Morgan fingerprint density at radius 1 is 0.339 bits per heavy atom. The Hall–Kier alpha value is -1.71. The maximum Gasteiger partial charge on any atom is 4.00 e. The summed E-state index contributed by atoms with van der Waals surface area (Å²) in [6, 6.07) is 43.3. The van der Waals surface area contributed by atoms with E-state index in [0.717, 1.165) is 9.52 Å². The quantitative estimate of drug-likeness (QED) is 0.105. The number of aryl methyl sites for hydroxylation is 8. The number of halogens is 2. The third-order valence-corrected chi connectivity index (χ3v) is 9.00. The number of rotatable bonds is 0. The van der Waals surface area contributed by atoms with Crippen molar-refractivity contribution in [2.24, 2.45) is 0 Å². The van der Waals surface area contributed by atoms with Gasteiger partial charge in [0.05, 0.1) is 0 Å². The molecule has 0 nitrogen and oxygen atoms in total. The molecule has 0 unspecified atom stereocenters. The van der Waals surface area contributed by atoms with Crippen LogP contribution in [0, 0.1) is 55.4 Å². The summed E-state index contributed by atoms with van der Waals surface area (Å²) in [5.74, 6) is 0. The Morgan fingerprint density at radius 3 is 0.610 bits per heavy atom. The van der Waals surface area contributed by atoms with E-state index in [0.29, 0.717) is 0 Å². The zero-order valence-corrected chi connectivity index (χ0v) is 50.5. The van der Waals surface area contributed by atoms with Crippen molar-refractivity contribution in [3.63, 3.8) is 0 Å². The molecular formula is C52H68Cl2Hf2Si3-2. The second-order valence-electron chi connectivity index (χ2n) is 15.7. The first-order valence-corrected chi connectivity index (χ1v) is 27.6. The summed E-state index contributed by atoms with van der Waals surface area (Å²) in [6.07, 6.45) is 0. The molecule has 0 amide bonds. The van der Waals surface area contributed by atoms with Gasteiger partial charge in [0.2, 0.25) is 0 Å². The Kier molecular flexibility index (Phi) is 33.4. The summed E-state index contributed by atoms with van der Waals surface area (Å²) >= 11 is 0. The first kappa shape index (κ1) is 61.6. The van der Waals surface area contributed by atoms with Crippen molar-refractivity contribution >= 4 is 70.2 Å². The summed E-state index contributed by atoms with van der Waals surface area (Å²) in [4.78, 5) is 0. The van der Waals surface area contributed by atoms with Crippen molar-refractivity contribution in [3.05, 3.63) is 166 Å². The molecule has 4 radical (unpaired) electrons. The van der Waals surface area contributed by atoms with Gasteiger partial charge in [-0.3, -0.25) is 0 Å². The van der Waals surface area contributed by atoms with Crippen molar-refractivity contribution in [3.8, 4) is 0 Å². The second-order valence-corrected chi connectivity index (χ2v) is 22.7. The average Bonchev–Trinajstić information content (AvgIpc) is 3.95. The van der Waals surface area contributed by atoms with Crippen LogP contribution in [0.15, 0.2) is 121 Å². The molecule has 0 bridgehead atoms. The maximum atomic E-state index is 2.27. The first-order chi connectivity index (χ1) is 26.0. The maximum absolute atomic E-state index is 2.27. The predicted octanol–water partition coefficient (Wildman–Crippen LogP) is 10.2. The minimum atomic E-state index is 0. The van der Waals surface area contributed by atoms with Gasteiger partial charge in [-0.05, 0) is 27.7 Å². The first-order valence-electron chi connectivity index (χ1n) is 19.6. The van der Waals surface area contributed by atoms with Crippen molar-refractivity contribution in [2.45, 2.75) is 108 Å². The molecule has 8 aromatic rings. The fraction of sp³-hybridized carbons (Fsp3) is 0.308. The van der Waals surface area contributed by atoms with Gasteiger partial charge < -0.3 is 24.8 Å². The number of fused-ring (bicyclic) bond motifs is 4. The normalized spacial score (nSPS) is 9.53. The molecule has 0 N–H and O–H groups in total. The summed E-state index contributed by atoms with van der Waals surface area (Å²) < 4.78 is 0. The van der Waals surface area contributed by atoms with Gasteiger partial charge in [0.25, 0.3) is 0 Å². The second kappa shape index (κ2) is 32.0. The van der Waals surface area contributed by atoms with Crippen LogP contribution >= 0.6 is 0 Å². The summed E-state index contributed by atoms with van der Waals surface area (Å²) in [5.41, 5.74) is 11.0. The van der Waals surface area contributed by atoms with E-state index in [-0.39, 0.29) is 94.1 Å². The van der Waals surface area contributed by atoms with Gasteiger partial charge in [-0.2, -0.15) is 48.5 Å². The van der Waals surface area contributed by atoms with E-state index in [1.54, 1.807) is 0 Å². The average molecular weight is 1210 g/mol. The SMILES string of the molecule is C[Si](C)C.C[Si](C)C.C[Si]C.Cc1ccc(C)c2[cH-]ccc12.Cc1ccc(C)c2[cH-]ccc12.Cc1ccc(C)c2[cH-]ccc12.Cc1ccc(C)c2[cH-]ccc12.[Cl-].[Cl-].[Hf+4].[Hf]. The minimum Gasteiger partial charge on any atom is -1.00 e. The van der Waals surface area contributed by atoms with Crippen LogP contribution in [0.4, 0.5) is 0 Å². The van der Waals surface area contributed by atoms with Crippen LogP contribution in [0.2, 0.25) is 52.4 Å². The Morgan fingerprint density at radius 2 is 0.475 bits per heavy atom. The van der Waals surface area contributed by atoms with Crippen LogP contribution in [-0.4, -0.2) is 27.1 Å². The molecule has 59 heavy (non-hydrogen) atoms. The van der Waals surface area contributed by atoms with Gasteiger partial charge in [-0.1, -0.05) is 127 Å². The zero-order chi connectivity index (χ0) is 41.2. The molecule has 0 heterocycles. The molecule has 8 aromatic carbocycles. The number of hydrogen-bond donors (Lipinski definition) is 0. The Labute approximate surface area is 416 Å². The molecule has 0 fully saturated rings. The Bertz CT molecular complexity index is 1840. The third-order valence-electron chi connectivity index (χ3n) is 9.00. The molecule has 0 saturated heterocycles. The summed E-state index contributed by atoms with van der Waals surface area (Å²) in [6.45, 7) is 35.2. The summed E-state index contributed by atoms with van der Waals surface area (Å²) in [7, 11) is 1.32. The molecular weight excluding hydrogens is 1140 g/mol. The molecule has 0 aliphatic rings. The number of hydrogen-bond acceptors (Lipinski definition) is 0. The van der Waals surface area contributed by atoms with Crippen molar-refractivity contribution in [2.75, 3.05) is 0 Å². The van der Waals surface area contributed by atoms with Crippen LogP contribution in [0.25, 0.3) is 43.1 Å². The molecule has 0 spiro atoms. The van der Waals surface area contributed by atoms with E-state index in [9.17, 15) is 0 Å². The van der Waals surface area contributed by atoms with E-state index in [1.165, 1.54) is 87.6 Å². The van der Waals surface area contributed by atoms with Crippen molar-refractivity contribution < 1.29 is 76.5 Å². The molecule has 0 aliphatic heterocycles. The summed E-state index contributed by atoms with van der Waals surface area (Å²) in [5, 5.41) is 11.1. The molecule has 0 saturated carbocycles. The molecule has 0 aromatic heterocycles. The van der Waals surface area contributed by atoms with Gasteiger partial charge in [-0.25, -0.2) is 0 Å². The topological polar surface area (TPSA) is 0 Å². The van der Waals surface area contributed by atoms with Gasteiger partial charge in [0, 0.05) is 53.0 Å². The van der Waals surface area contributed by atoms with Crippen LogP contribution in [-0.2, 0) is 51.7 Å². The van der Waals surface area contributed by atoms with E-state index in [4.69, 9.17) is 0 Å². The molecule has 0 atom stereocenters. The van der Waals surface area contributed by atoms with Gasteiger partial charge in [0.15, 0.2) is 0 Å². The van der Waals surface area contributed by atoms with E-state index in [1.807, 2.05) is 0 Å². The predicted molar refractivity (Wildman–Crippen MR) is 260 cm³/mol. The smallest absolute Gasteiger partial charge is 1.00 e. The molecule has 7 heteroatoms. The van der Waals surface area contributed by atoms with Gasteiger partial charge in [-0.15, -0.1) is 114 Å². The van der Waals surface area contributed by atoms with E-state index >= 15 is 0 Å². The van der Waals surface area contributed by atoms with Gasteiger partial charge >= 0.3 is 25.8 Å². The number of benzene rings is 4. The van der Waals surface area contributed by atoms with Crippen LogP contribution in [0.1, 0.15) is 44.5 Å². The molecule has 312 valence electrons. The van der Waals surface area contributed by atoms with Crippen LogP contribution in [0.3, 0.4) is 0 Å². The fourth-order valence-corrected chi connectivity index (χ4v) is 6.15. The van der Waals surface area contributed by atoms with E-state index in [2.05, 4.69) is 229 Å². The van der Waals surface area contributed by atoms with Gasteiger partial charge in [0.1, 0.15) is 0 Å². The Balaban J connectivity index is -0.000000641. The third kappa shape index (κ3) is 20.4. The minimum absolute atomic E-state index is 0.